The predicted octanol–water partition coefficient (Wildman–Crippen LogP) is 1.47. The lowest BCUT2D eigenvalue weighted by atomic mass is 10.0. The van der Waals surface area contributed by atoms with Crippen LogP contribution in [0.1, 0.15) is 30.5 Å². The fraction of sp³-hybridized carbons (Fsp3) is 0.389. The molecular formula is C18H19N5O2. The van der Waals surface area contributed by atoms with E-state index in [4.69, 9.17) is 0 Å². The molecule has 0 unspecified atom stereocenters. The zero-order chi connectivity index (χ0) is 17.2. The van der Waals surface area contributed by atoms with Crippen molar-refractivity contribution in [2.24, 2.45) is 5.92 Å². The lowest BCUT2D eigenvalue weighted by Gasteiger charge is -2.28. The predicted molar refractivity (Wildman–Crippen MR) is 91.5 cm³/mol. The molecule has 4 rings (SSSR count). The second-order valence-corrected chi connectivity index (χ2v) is 6.47. The number of carbonyl (C=O) groups is 1. The number of allylic oxidation sites excluding steroid dienone is 2. The van der Waals surface area contributed by atoms with Crippen LogP contribution in [-0.2, 0) is 17.8 Å². The van der Waals surface area contributed by atoms with Gasteiger partial charge in [-0.3, -0.25) is 14.6 Å². The number of aromatic nitrogens is 4. The smallest absolute Gasteiger partial charge is 0.254 e. The van der Waals surface area contributed by atoms with Crippen molar-refractivity contribution in [2.45, 2.75) is 32.2 Å². The van der Waals surface area contributed by atoms with E-state index in [2.05, 4.69) is 32.1 Å². The largest absolute Gasteiger partial charge is 0.336 e. The van der Waals surface area contributed by atoms with Crippen molar-refractivity contribution < 1.29 is 4.79 Å². The molecule has 2 aromatic rings. The summed E-state index contributed by atoms with van der Waals surface area (Å²) in [7, 11) is 0. The van der Waals surface area contributed by atoms with Crippen LogP contribution in [-0.4, -0.2) is 37.3 Å². The van der Waals surface area contributed by atoms with Gasteiger partial charge in [0.25, 0.3) is 5.56 Å². The van der Waals surface area contributed by atoms with Gasteiger partial charge < -0.3 is 9.88 Å². The molecule has 7 nitrogen and oxygen atoms in total. The lowest BCUT2D eigenvalue weighted by molar-refractivity contribution is -0.132. The van der Waals surface area contributed by atoms with Crippen LogP contribution in [0.5, 0.6) is 0 Å². The highest BCUT2D eigenvalue weighted by Gasteiger charge is 2.26. The van der Waals surface area contributed by atoms with Crippen LogP contribution in [0.2, 0.25) is 0 Å². The van der Waals surface area contributed by atoms with Crippen LogP contribution < -0.4 is 5.56 Å². The molecule has 0 bridgehead atoms. The third-order valence-corrected chi connectivity index (χ3v) is 4.78. The van der Waals surface area contributed by atoms with E-state index in [0.717, 1.165) is 12.8 Å². The molecule has 1 amide bonds. The molecule has 1 N–H and O–H groups in total. The van der Waals surface area contributed by atoms with E-state index in [9.17, 15) is 9.59 Å². The Morgan fingerprint density at radius 2 is 2.28 bits per heavy atom. The number of nitrogens with zero attached hydrogens (tertiary/aromatic N) is 4. The number of hydrogen-bond donors (Lipinski definition) is 1. The molecule has 2 aromatic heterocycles. The average molecular weight is 337 g/mol. The highest BCUT2D eigenvalue weighted by Crippen LogP contribution is 2.23. The summed E-state index contributed by atoms with van der Waals surface area (Å²) >= 11 is 0. The molecule has 1 atom stereocenters. The maximum absolute atomic E-state index is 12.6. The van der Waals surface area contributed by atoms with Crippen LogP contribution in [0, 0.1) is 5.92 Å². The number of H-pyrrole nitrogens is 1. The third kappa shape index (κ3) is 3.22. The van der Waals surface area contributed by atoms with Gasteiger partial charge in [-0.2, -0.15) is 0 Å². The molecule has 0 radical (unpaired) electrons. The van der Waals surface area contributed by atoms with Crippen LogP contribution in [0.25, 0.3) is 11.5 Å². The van der Waals surface area contributed by atoms with Gasteiger partial charge in [0.05, 0.1) is 18.4 Å². The van der Waals surface area contributed by atoms with Gasteiger partial charge >= 0.3 is 0 Å². The first kappa shape index (κ1) is 15.7. The first-order valence-corrected chi connectivity index (χ1v) is 8.53. The van der Waals surface area contributed by atoms with Crippen molar-refractivity contribution in [3.63, 3.8) is 0 Å². The first-order chi connectivity index (χ1) is 12.2. The van der Waals surface area contributed by atoms with E-state index in [1.54, 1.807) is 23.5 Å². The third-order valence-electron chi connectivity index (χ3n) is 4.78. The fourth-order valence-corrected chi connectivity index (χ4v) is 3.41. The Balaban J connectivity index is 1.57. The molecule has 7 heteroatoms. The summed E-state index contributed by atoms with van der Waals surface area (Å²) in [6, 6.07) is 0. The fourth-order valence-electron chi connectivity index (χ4n) is 3.41. The van der Waals surface area contributed by atoms with Crippen molar-refractivity contribution in [3.8, 4) is 11.5 Å². The van der Waals surface area contributed by atoms with Crippen LogP contribution in [0.3, 0.4) is 0 Å². The van der Waals surface area contributed by atoms with Gasteiger partial charge in [-0.15, -0.1) is 0 Å². The number of fused-ring (bicyclic) bond motifs is 1. The number of carbonyl (C=O) groups excluding carboxylic acids is 1. The molecule has 3 heterocycles. The molecule has 0 saturated heterocycles. The highest BCUT2D eigenvalue weighted by atomic mass is 16.2. The Kier molecular flexibility index (Phi) is 4.13. The Morgan fingerprint density at radius 1 is 1.36 bits per heavy atom. The van der Waals surface area contributed by atoms with E-state index in [-0.39, 0.29) is 11.5 Å². The number of nitrogens with one attached hydrogen (secondary N) is 1. The van der Waals surface area contributed by atoms with E-state index >= 15 is 0 Å². The quantitative estimate of drug-likeness (QED) is 0.856. The Bertz CT molecular complexity index is 875. The van der Waals surface area contributed by atoms with E-state index in [0.29, 0.717) is 54.6 Å². The molecule has 1 aliphatic heterocycles. The highest BCUT2D eigenvalue weighted by molar-refractivity contribution is 5.77. The zero-order valence-corrected chi connectivity index (χ0v) is 13.8. The van der Waals surface area contributed by atoms with E-state index in [1.165, 1.54) is 0 Å². The van der Waals surface area contributed by atoms with Gasteiger partial charge in [-0.1, -0.05) is 12.2 Å². The van der Waals surface area contributed by atoms with Crippen molar-refractivity contribution in [2.75, 3.05) is 6.54 Å². The average Bonchev–Trinajstić information content (AvgIpc) is 3.15. The van der Waals surface area contributed by atoms with Crippen LogP contribution in [0.4, 0.5) is 0 Å². The lowest BCUT2D eigenvalue weighted by Crippen LogP contribution is -2.39. The standard InChI is InChI=1S/C18H19N5O2/c24-16(9-12-3-1-2-4-12)23-8-5-13-15(11-23)21-17(22-18(13)25)14-10-19-6-7-20-14/h1,3,6-7,10,12H,2,4-5,8-9,11H2,(H,21,22,25)/t12-/m0/s1. The second-order valence-electron chi connectivity index (χ2n) is 6.47. The van der Waals surface area contributed by atoms with E-state index < -0.39 is 0 Å². The molecule has 2 aliphatic rings. The van der Waals surface area contributed by atoms with Gasteiger partial charge in [0.15, 0.2) is 5.82 Å². The second kappa shape index (κ2) is 6.58. The molecule has 25 heavy (non-hydrogen) atoms. The molecule has 0 aromatic carbocycles. The number of hydrogen-bond acceptors (Lipinski definition) is 5. The topological polar surface area (TPSA) is 91.8 Å². The summed E-state index contributed by atoms with van der Waals surface area (Å²) in [6.07, 6.45) is 12.1. The summed E-state index contributed by atoms with van der Waals surface area (Å²) in [6.45, 7) is 0.944. The first-order valence-electron chi connectivity index (χ1n) is 8.53. The van der Waals surface area contributed by atoms with Crippen molar-refractivity contribution in [1.29, 1.82) is 0 Å². The van der Waals surface area contributed by atoms with Gasteiger partial charge in [-0.25, -0.2) is 9.97 Å². The molecule has 0 saturated carbocycles. The van der Waals surface area contributed by atoms with Gasteiger partial charge in [0.1, 0.15) is 5.69 Å². The molecular weight excluding hydrogens is 318 g/mol. The monoisotopic (exact) mass is 337 g/mol. The maximum atomic E-state index is 12.6. The van der Waals surface area contributed by atoms with Crippen molar-refractivity contribution in [1.82, 2.24) is 24.8 Å². The SMILES string of the molecule is O=C(C[C@H]1C=CCC1)N1CCc2c(nc(-c3cnccn3)[nH]c2=O)C1. The minimum Gasteiger partial charge on any atom is -0.336 e. The van der Waals surface area contributed by atoms with Gasteiger partial charge in [0, 0.05) is 30.9 Å². The van der Waals surface area contributed by atoms with Gasteiger partial charge in [-0.05, 0) is 25.2 Å². The molecule has 1 aliphatic carbocycles. The Hall–Kier alpha value is -2.83. The molecule has 0 fully saturated rings. The number of rotatable bonds is 3. The summed E-state index contributed by atoms with van der Waals surface area (Å²) < 4.78 is 0. The zero-order valence-electron chi connectivity index (χ0n) is 13.8. The van der Waals surface area contributed by atoms with Crippen LogP contribution >= 0.6 is 0 Å². The summed E-state index contributed by atoms with van der Waals surface area (Å²) in [5, 5.41) is 0. The summed E-state index contributed by atoms with van der Waals surface area (Å²) in [5.41, 5.74) is 1.68. The van der Waals surface area contributed by atoms with Crippen molar-refractivity contribution >= 4 is 5.91 Å². The summed E-state index contributed by atoms with van der Waals surface area (Å²) in [5.74, 6) is 0.867. The Labute approximate surface area is 144 Å². The minimum absolute atomic E-state index is 0.130. The van der Waals surface area contributed by atoms with Crippen molar-refractivity contribution in [3.05, 3.63) is 52.4 Å². The maximum Gasteiger partial charge on any atom is 0.254 e. The van der Waals surface area contributed by atoms with Crippen LogP contribution in [0.15, 0.2) is 35.5 Å². The van der Waals surface area contributed by atoms with Gasteiger partial charge in [0.2, 0.25) is 5.91 Å². The molecule has 0 spiro atoms. The normalized spacial score (nSPS) is 19.0. The number of amides is 1. The molecule has 128 valence electrons. The van der Waals surface area contributed by atoms with E-state index in [1.807, 2.05) is 0 Å². The Morgan fingerprint density at radius 3 is 3.04 bits per heavy atom. The number of aromatic amines is 1. The summed E-state index contributed by atoms with van der Waals surface area (Å²) in [4.78, 5) is 42.2. The minimum atomic E-state index is -0.156.